The Kier molecular flexibility index (Phi) is 8.23. The Hall–Kier alpha value is -1.97. The lowest BCUT2D eigenvalue weighted by molar-refractivity contribution is -0.128. The summed E-state index contributed by atoms with van der Waals surface area (Å²) in [6.07, 6.45) is 6.50. The highest BCUT2D eigenvalue weighted by atomic mass is 16.5. The number of unbranched alkanes of at least 4 members (excludes halogenated alkanes) is 1. The summed E-state index contributed by atoms with van der Waals surface area (Å²) in [5.41, 5.74) is 0.862. The fourth-order valence-corrected chi connectivity index (χ4v) is 2.31. The molecule has 0 saturated heterocycles. The van der Waals surface area contributed by atoms with Gasteiger partial charge in [-0.25, -0.2) is 0 Å². The summed E-state index contributed by atoms with van der Waals surface area (Å²) in [5.74, 6) is 1.47. The predicted molar refractivity (Wildman–Crippen MR) is 95.0 cm³/mol. The largest absolute Gasteiger partial charge is 0.497 e. The zero-order valence-corrected chi connectivity index (χ0v) is 15.0. The molecule has 0 saturated carbocycles. The van der Waals surface area contributed by atoms with Crippen molar-refractivity contribution in [3.8, 4) is 11.5 Å². The van der Waals surface area contributed by atoms with Crippen LogP contribution in [0.5, 0.6) is 11.5 Å². The molecule has 0 aliphatic heterocycles. The molecule has 0 heterocycles. The summed E-state index contributed by atoms with van der Waals surface area (Å²) in [7, 11) is 3.23. The first-order chi connectivity index (χ1) is 11.1. The van der Waals surface area contributed by atoms with Gasteiger partial charge in [0.25, 0.3) is 0 Å². The van der Waals surface area contributed by atoms with E-state index in [1.165, 1.54) is 0 Å². The molecule has 0 spiro atoms. The minimum absolute atomic E-state index is 0.0469. The molecule has 1 amide bonds. The van der Waals surface area contributed by atoms with Crippen molar-refractivity contribution in [1.29, 1.82) is 0 Å². The van der Waals surface area contributed by atoms with Crippen LogP contribution in [0.2, 0.25) is 0 Å². The van der Waals surface area contributed by atoms with Crippen LogP contribution < -0.4 is 9.47 Å². The molecule has 1 aromatic rings. The Balaban J connectivity index is 2.90. The average molecular weight is 319 g/mol. The number of amides is 1. The summed E-state index contributed by atoms with van der Waals surface area (Å²) < 4.78 is 10.5. The van der Waals surface area contributed by atoms with Gasteiger partial charge in [0.1, 0.15) is 11.5 Å². The van der Waals surface area contributed by atoms with E-state index in [-0.39, 0.29) is 11.9 Å². The molecule has 0 aromatic heterocycles. The molecule has 4 heteroatoms. The van der Waals surface area contributed by atoms with Crippen LogP contribution in [0.3, 0.4) is 0 Å². The maximum atomic E-state index is 12.5. The third kappa shape index (κ3) is 5.62. The molecule has 0 N–H and O–H groups in total. The van der Waals surface area contributed by atoms with Gasteiger partial charge in [-0.15, -0.1) is 0 Å². The fraction of sp³-hybridized carbons (Fsp3) is 0.526. The average Bonchev–Trinajstić information content (AvgIpc) is 2.59. The first kappa shape index (κ1) is 19.1. The predicted octanol–water partition coefficient (Wildman–Crippen LogP) is 4.14. The Morgan fingerprint density at radius 1 is 1.26 bits per heavy atom. The van der Waals surface area contributed by atoms with Crippen LogP contribution in [0.4, 0.5) is 0 Å². The van der Waals surface area contributed by atoms with E-state index in [1.807, 2.05) is 29.2 Å². The van der Waals surface area contributed by atoms with Gasteiger partial charge in [0, 0.05) is 30.3 Å². The van der Waals surface area contributed by atoms with Crippen molar-refractivity contribution < 1.29 is 14.3 Å². The number of rotatable bonds is 9. The van der Waals surface area contributed by atoms with Crippen LogP contribution in [0.15, 0.2) is 24.3 Å². The maximum Gasteiger partial charge on any atom is 0.246 e. The summed E-state index contributed by atoms with van der Waals surface area (Å²) in [6, 6.07) is 5.81. The summed E-state index contributed by atoms with van der Waals surface area (Å²) in [6.45, 7) is 7.13. The smallest absolute Gasteiger partial charge is 0.246 e. The topological polar surface area (TPSA) is 38.8 Å². The van der Waals surface area contributed by atoms with E-state index in [2.05, 4.69) is 20.8 Å². The van der Waals surface area contributed by atoms with Crippen LogP contribution >= 0.6 is 0 Å². The van der Waals surface area contributed by atoms with Crippen molar-refractivity contribution in [3.05, 3.63) is 29.8 Å². The lowest BCUT2D eigenvalue weighted by atomic mass is 10.1. The van der Waals surface area contributed by atoms with Crippen LogP contribution in [0, 0.1) is 0 Å². The summed E-state index contributed by atoms with van der Waals surface area (Å²) in [5, 5.41) is 0. The second-order valence-corrected chi connectivity index (χ2v) is 5.58. The van der Waals surface area contributed by atoms with E-state index >= 15 is 0 Å². The second-order valence-electron chi connectivity index (χ2n) is 5.58. The standard InChI is InChI=1S/C19H29NO3/c1-6-8-13-20(15(3)7-2)19(21)12-10-16-9-11-17(22-4)14-18(16)23-5/h9-12,14-15H,6-8,13H2,1-5H3. The zero-order chi connectivity index (χ0) is 17.2. The van der Waals surface area contributed by atoms with Crippen LogP contribution in [0.25, 0.3) is 6.08 Å². The zero-order valence-electron chi connectivity index (χ0n) is 15.0. The second kappa shape index (κ2) is 9.93. The van der Waals surface area contributed by atoms with Gasteiger partial charge >= 0.3 is 0 Å². The molecular weight excluding hydrogens is 290 g/mol. The van der Waals surface area contributed by atoms with Crippen molar-refractivity contribution in [1.82, 2.24) is 4.90 Å². The Morgan fingerprint density at radius 3 is 2.57 bits per heavy atom. The van der Waals surface area contributed by atoms with E-state index in [1.54, 1.807) is 20.3 Å². The summed E-state index contributed by atoms with van der Waals surface area (Å²) >= 11 is 0. The number of nitrogens with zero attached hydrogens (tertiary/aromatic N) is 1. The Morgan fingerprint density at radius 2 is 2.00 bits per heavy atom. The molecule has 0 bridgehead atoms. The van der Waals surface area contributed by atoms with Gasteiger partial charge in [-0.2, -0.15) is 0 Å². The van der Waals surface area contributed by atoms with Crippen LogP contribution in [0.1, 0.15) is 45.6 Å². The molecule has 0 radical (unpaired) electrons. The van der Waals surface area contributed by atoms with Gasteiger partial charge in [-0.05, 0) is 38.0 Å². The minimum atomic E-state index is 0.0469. The van der Waals surface area contributed by atoms with E-state index in [4.69, 9.17) is 9.47 Å². The van der Waals surface area contributed by atoms with E-state index in [9.17, 15) is 4.79 Å². The number of ether oxygens (including phenoxy) is 2. The van der Waals surface area contributed by atoms with Crippen LogP contribution in [-0.4, -0.2) is 37.6 Å². The molecule has 0 aliphatic carbocycles. The minimum Gasteiger partial charge on any atom is -0.497 e. The van der Waals surface area contributed by atoms with E-state index < -0.39 is 0 Å². The normalized spacial score (nSPS) is 12.2. The highest BCUT2D eigenvalue weighted by Gasteiger charge is 2.16. The molecule has 1 unspecified atom stereocenters. The number of benzene rings is 1. The molecule has 4 nitrogen and oxygen atoms in total. The summed E-state index contributed by atoms with van der Waals surface area (Å²) in [4.78, 5) is 14.5. The SMILES string of the molecule is CCCCN(C(=O)C=Cc1ccc(OC)cc1OC)C(C)CC. The quantitative estimate of drug-likeness (QED) is 0.642. The lowest BCUT2D eigenvalue weighted by Crippen LogP contribution is -2.37. The van der Waals surface area contributed by atoms with Crippen molar-refractivity contribution in [2.75, 3.05) is 20.8 Å². The molecule has 1 aromatic carbocycles. The highest BCUT2D eigenvalue weighted by Crippen LogP contribution is 2.25. The fourth-order valence-electron chi connectivity index (χ4n) is 2.31. The van der Waals surface area contributed by atoms with Gasteiger partial charge < -0.3 is 14.4 Å². The molecular formula is C19H29NO3. The third-order valence-electron chi connectivity index (χ3n) is 4.00. The Labute approximate surface area is 140 Å². The van der Waals surface area contributed by atoms with Crippen molar-refractivity contribution >= 4 is 12.0 Å². The lowest BCUT2D eigenvalue weighted by Gasteiger charge is -2.27. The first-order valence-corrected chi connectivity index (χ1v) is 8.28. The van der Waals surface area contributed by atoms with E-state index in [0.29, 0.717) is 5.75 Å². The molecule has 0 fully saturated rings. The van der Waals surface area contributed by atoms with Gasteiger partial charge in [-0.3, -0.25) is 4.79 Å². The first-order valence-electron chi connectivity index (χ1n) is 8.28. The monoisotopic (exact) mass is 319 g/mol. The number of hydrogen-bond donors (Lipinski definition) is 0. The molecule has 128 valence electrons. The van der Waals surface area contributed by atoms with Gasteiger partial charge in [0.15, 0.2) is 0 Å². The van der Waals surface area contributed by atoms with Gasteiger partial charge in [0.2, 0.25) is 5.91 Å². The van der Waals surface area contributed by atoms with Crippen molar-refractivity contribution in [2.24, 2.45) is 0 Å². The maximum absolute atomic E-state index is 12.5. The number of carbonyl (C=O) groups excluding carboxylic acids is 1. The molecule has 0 aliphatic rings. The van der Waals surface area contributed by atoms with Crippen molar-refractivity contribution in [3.63, 3.8) is 0 Å². The number of carbonyl (C=O) groups is 1. The highest BCUT2D eigenvalue weighted by molar-refractivity contribution is 5.92. The van der Waals surface area contributed by atoms with Gasteiger partial charge in [-0.1, -0.05) is 20.3 Å². The van der Waals surface area contributed by atoms with Crippen molar-refractivity contribution in [2.45, 2.75) is 46.1 Å². The van der Waals surface area contributed by atoms with Gasteiger partial charge in [0.05, 0.1) is 14.2 Å². The third-order valence-corrected chi connectivity index (χ3v) is 4.00. The molecule has 1 atom stereocenters. The van der Waals surface area contributed by atoms with Crippen LogP contribution in [-0.2, 0) is 4.79 Å². The molecule has 1 rings (SSSR count). The number of hydrogen-bond acceptors (Lipinski definition) is 3. The molecule has 23 heavy (non-hydrogen) atoms. The number of methoxy groups -OCH3 is 2. The van der Waals surface area contributed by atoms with E-state index in [0.717, 1.165) is 37.1 Å². The Bertz CT molecular complexity index is 525.